The number of rotatable bonds is 6. The molecule has 0 fully saturated rings. The van der Waals surface area contributed by atoms with Crippen LogP contribution in [0.3, 0.4) is 0 Å². The fourth-order valence-corrected chi connectivity index (χ4v) is 4.73. The molecule has 0 aliphatic heterocycles. The molecule has 0 unspecified atom stereocenters. The van der Waals surface area contributed by atoms with E-state index in [1.165, 1.54) is 23.0 Å². The van der Waals surface area contributed by atoms with Gasteiger partial charge in [0.1, 0.15) is 0 Å². The van der Waals surface area contributed by atoms with Gasteiger partial charge in [0.15, 0.2) is 0 Å². The van der Waals surface area contributed by atoms with E-state index in [2.05, 4.69) is 9.98 Å². The standard InChI is InChI=1S/C25H28N6O4S/c1-15-6-8-17(9-7-15)13-29-22(28-18-10-11-19-20(12-18)36-16(2)27-19)31(26)24(34)30(23(29)33)14-25(3,4)21(32)35-5/h6-12H,13-14,26H2,1-5H3. The molecule has 0 aliphatic rings. The fraction of sp³-hybridized carbons (Fsp3) is 0.320. The van der Waals surface area contributed by atoms with E-state index in [4.69, 9.17) is 10.6 Å². The van der Waals surface area contributed by atoms with Crippen LogP contribution in [-0.4, -0.2) is 31.9 Å². The Morgan fingerprint density at radius 2 is 1.78 bits per heavy atom. The molecule has 2 aromatic carbocycles. The molecule has 10 nitrogen and oxygen atoms in total. The second-order valence-corrected chi connectivity index (χ2v) is 10.5. The Morgan fingerprint density at radius 1 is 1.08 bits per heavy atom. The number of carbonyl (C=O) groups is 1. The van der Waals surface area contributed by atoms with Crippen LogP contribution in [0.15, 0.2) is 57.0 Å². The molecule has 2 aromatic heterocycles. The summed E-state index contributed by atoms with van der Waals surface area (Å²) in [5, 5.41) is 0.920. The Morgan fingerprint density at radius 3 is 2.44 bits per heavy atom. The molecule has 0 saturated heterocycles. The van der Waals surface area contributed by atoms with Gasteiger partial charge in [-0.15, -0.1) is 11.3 Å². The first kappa shape index (κ1) is 25.1. The fourth-order valence-electron chi connectivity index (χ4n) is 3.87. The lowest BCUT2D eigenvalue weighted by atomic mass is 9.94. The van der Waals surface area contributed by atoms with Crippen molar-refractivity contribution in [3.63, 3.8) is 0 Å². The van der Waals surface area contributed by atoms with Gasteiger partial charge in [-0.05, 0) is 51.5 Å². The molecule has 0 spiro atoms. The number of methoxy groups -OCH3 is 1. The number of hydrogen-bond donors (Lipinski definition) is 1. The van der Waals surface area contributed by atoms with Crippen LogP contribution < -0.4 is 22.8 Å². The van der Waals surface area contributed by atoms with Crippen molar-refractivity contribution < 1.29 is 9.53 Å². The number of ether oxygens (including phenoxy) is 1. The van der Waals surface area contributed by atoms with Gasteiger partial charge in [0, 0.05) is 6.54 Å². The molecule has 0 amide bonds. The van der Waals surface area contributed by atoms with Crippen molar-refractivity contribution >= 4 is 33.2 Å². The van der Waals surface area contributed by atoms with Crippen molar-refractivity contribution in [2.24, 2.45) is 10.4 Å². The van der Waals surface area contributed by atoms with Crippen LogP contribution in [0.1, 0.15) is 30.0 Å². The summed E-state index contributed by atoms with van der Waals surface area (Å²) in [6.07, 6.45) is 0. The van der Waals surface area contributed by atoms with Gasteiger partial charge in [0.2, 0.25) is 5.62 Å². The van der Waals surface area contributed by atoms with Gasteiger partial charge >= 0.3 is 17.3 Å². The molecule has 0 atom stereocenters. The minimum atomic E-state index is -1.14. The second-order valence-electron chi connectivity index (χ2n) is 9.27. The third-order valence-electron chi connectivity index (χ3n) is 5.82. The topological polar surface area (TPSA) is 126 Å². The molecular weight excluding hydrogens is 480 g/mol. The van der Waals surface area contributed by atoms with Gasteiger partial charge < -0.3 is 10.6 Å². The predicted molar refractivity (Wildman–Crippen MR) is 139 cm³/mol. The Hall–Kier alpha value is -3.99. The first-order chi connectivity index (χ1) is 17.0. The minimum Gasteiger partial charge on any atom is -0.469 e. The van der Waals surface area contributed by atoms with Crippen LogP contribution in [-0.2, 0) is 22.6 Å². The minimum absolute atomic E-state index is 0.0155. The molecule has 0 bridgehead atoms. The van der Waals surface area contributed by atoms with Gasteiger partial charge in [0.25, 0.3) is 0 Å². The molecule has 0 saturated carbocycles. The number of aromatic nitrogens is 4. The number of aryl methyl sites for hydroxylation is 2. The zero-order valence-electron chi connectivity index (χ0n) is 20.8. The Balaban J connectivity index is 1.95. The molecule has 0 aliphatic carbocycles. The normalized spacial score (nSPS) is 12.3. The summed E-state index contributed by atoms with van der Waals surface area (Å²) in [7, 11) is 1.26. The summed E-state index contributed by atoms with van der Waals surface area (Å²) in [6.45, 7) is 6.99. The largest absolute Gasteiger partial charge is 0.469 e. The average Bonchev–Trinajstić information content (AvgIpc) is 3.22. The summed E-state index contributed by atoms with van der Waals surface area (Å²) in [6, 6.07) is 13.1. The maximum Gasteiger partial charge on any atom is 0.353 e. The van der Waals surface area contributed by atoms with Crippen molar-refractivity contribution in [2.75, 3.05) is 13.0 Å². The zero-order valence-corrected chi connectivity index (χ0v) is 21.6. The van der Waals surface area contributed by atoms with Crippen molar-refractivity contribution in [1.29, 1.82) is 0 Å². The molecule has 36 heavy (non-hydrogen) atoms. The van der Waals surface area contributed by atoms with Crippen molar-refractivity contribution in [1.82, 2.24) is 18.8 Å². The molecule has 2 heterocycles. The van der Waals surface area contributed by atoms with E-state index in [1.54, 1.807) is 19.9 Å². The summed E-state index contributed by atoms with van der Waals surface area (Å²) < 4.78 is 8.90. The van der Waals surface area contributed by atoms with E-state index in [0.717, 1.165) is 35.6 Å². The van der Waals surface area contributed by atoms with Crippen LogP contribution >= 0.6 is 11.3 Å². The zero-order chi connectivity index (χ0) is 26.2. The Kier molecular flexibility index (Phi) is 6.68. The van der Waals surface area contributed by atoms with Gasteiger partial charge in [-0.1, -0.05) is 29.8 Å². The lowest BCUT2D eigenvalue weighted by molar-refractivity contribution is -0.151. The number of benzene rings is 2. The quantitative estimate of drug-likeness (QED) is 0.314. The van der Waals surface area contributed by atoms with Crippen LogP contribution in [0.25, 0.3) is 10.2 Å². The highest BCUT2D eigenvalue weighted by Crippen LogP contribution is 2.25. The van der Waals surface area contributed by atoms with E-state index in [1.807, 2.05) is 50.2 Å². The van der Waals surface area contributed by atoms with E-state index >= 15 is 0 Å². The SMILES string of the molecule is COC(=O)C(C)(C)Cn1c(=O)n(N)c(=Nc2ccc3nc(C)sc3c2)n(Cc2ccc(C)cc2)c1=O. The first-order valence-electron chi connectivity index (χ1n) is 11.3. The van der Waals surface area contributed by atoms with Gasteiger partial charge in [0.05, 0.1) is 40.0 Å². The second kappa shape index (κ2) is 9.57. The van der Waals surface area contributed by atoms with Crippen LogP contribution in [0, 0.1) is 19.3 Å². The average molecular weight is 509 g/mol. The molecule has 188 valence electrons. The predicted octanol–water partition coefficient (Wildman–Crippen LogP) is 2.23. The van der Waals surface area contributed by atoms with E-state index < -0.39 is 22.8 Å². The third kappa shape index (κ3) is 4.87. The van der Waals surface area contributed by atoms with E-state index in [0.29, 0.717) is 5.69 Å². The molecule has 11 heteroatoms. The highest BCUT2D eigenvalue weighted by molar-refractivity contribution is 7.18. The smallest absolute Gasteiger partial charge is 0.353 e. The number of esters is 1. The maximum atomic E-state index is 13.7. The van der Waals surface area contributed by atoms with Crippen LogP contribution in [0.5, 0.6) is 0 Å². The van der Waals surface area contributed by atoms with Crippen molar-refractivity contribution in [3.05, 3.63) is 85.2 Å². The Labute approximate surface area is 210 Å². The maximum absolute atomic E-state index is 13.7. The molecule has 2 N–H and O–H groups in total. The first-order valence-corrected chi connectivity index (χ1v) is 12.1. The summed E-state index contributed by atoms with van der Waals surface area (Å²) in [5.74, 6) is 5.68. The molecule has 0 radical (unpaired) electrons. The molecule has 4 rings (SSSR count). The number of nitrogen functional groups attached to an aromatic ring is 1. The number of nitrogens with zero attached hydrogens (tertiary/aromatic N) is 5. The monoisotopic (exact) mass is 508 g/mol. The summed E-state index contributed by atoms with van der Waals surface area (Å²) in [4.78, 5) is 48.2. The van der Waals surface area contributed by atoms with Crippen molar-refractivity contribution in [3.8, 4) is 0 Å². The number of nitrogens with two attached hydrogens (primary N) is 1. The van der Waals surface area contributed by atoms with E-state index in [9.17, 15) is 14.4 Å². The van der Waals surface area contributed by atoms with Crippen molar-refractivity contribution in [2.45, 2.75) is 40.8 Å². The Bertz CT molecular complexity index is 1640. The highest BCUT2D eigenvalue weighted by Gasteiger charge is 2.31. The number of hydrogen-bond acceptors (Lipinski definition) is 8. The number of fused-ring (bicyclic) bond motifs is 1. The molecular formula is C25H28N6O4S. The summed E-state index contributed by atoms with van der Waals surface area (Å²) in [5.41, 5.74) is 0.689. The lowest BCUT2D eigenvalue weighted by Crippen LogP contribution is -2.58. The van der Waals surface area contributed by atoms with Crippen LogP contribution in [0.2, 0.25) is 0 Å². The lowest BCUT2D eigenvalue weighted by Gasteiger charge is -2.23. The van der Waals surface area contributed by atoms with Gasteiger partial charge in [-0.3, -0.25) is 9.36 Å². The third-order valence-corrected chi connectivity index (χ3v) is 6.75. The van der Waals surface area contributed by atoms with Gasteiger partial charge in [-0.2, -0.15) is 4.68 Å². The van der Waals surface area contributed by atoms with Gasteiger partial charge in [-0.25, -0.2) is 24.1 Å². The van der Waals surface area contributed by atoms with Crippen LogP contribution in [0.4, 0.5) is 5.69 Å². The highest BCUT2D eigenvalue weighted by atomic mass is 32.1. The summed E-state index contributed by atoms with van der Waals surface area (Å²) >= 11 is 1.52. The van der Waals surface area contributed by atoms with E-state index in [-0.39, 0.29) is 18.7 Å². The number of carbonyl (C=O) groups excluding carboxylic acids is 1. The number of thiazole rings is 1. The molecule has 4 aromatic rings.